The Kier molecular flexibility index (Phi) is 5.23. The van der Waals surface area contributed by atoms with Crippen LogP contribution in [0.15, 0.2) is 18.2 Å². The summed E-state index contributed by atoms with van der Waals surface area (Å²) in [7, 11) is 0. The summed E-state index contributed by atoms with van der Waals surface area (Å²) in [6.45, 7) is 8.68. The molecule has 1 amide bonds. The van der Waals surface area contributed by atoms with Crippen LogP contribution in [-0.2, 0) is 4.79 Å². The number of carbonyl (C=O) groups excluding carboxylic acids is 1. The van der Waals surface area contributed by atoms with E-state index in [2.05, 4.69) is 24.1 Å². The Morgan fingerprint density at radius 1 is 1.43 bits per heavy atom. The van der Waals surface area contributed by atoms with Gasteiger partial charge in [0.1, 0.15) is 0 Å². The Balaban J connectivity index is 1.76. The van der Waals surface area contributed by atoms with Crippen LogP contribution < -0.4 is 11.1 Å². The molecule has 116 valence electrons. The summed E-state index contributed by atoms with van der Waals surface area (Å²) in [4.78, 5) is 14.5. The first-order valence-electron chi connectivity index (χ1n) is 7.86. The van der Waals surface area contributed by atoms with Crippen LogP contribution in [0.1, 0.15) is 38.7 Å². The summed E-state index contributed by atoms with van der Waals surface area (Å²) in [6, 6.07) is 6.26. The molecule has 1 aliphatic rings. The van der Waals surface area contributed by atoms with Crippen molar-refractivity contribution in [3.05, 3.63) is 23.8 Å². The summed E-state index contributed by atoms with van der Waals surface area (Å²) in [5, 5.41) is 2.96. The molecule has 1 aromatic rings. The number of carbonyl (C=O) groups is 1. The Hall–Kier alpha value is -1.55. The average Bonchev–Trinajstić information content (AvgIpc) is 2.73. The third-order valence-electron chi connectivity index (χ3n) is 4.41. The van der Waals surface area contributed by atoms with Gasteiger partial charge in [-0.25, -0.2) is 0 Å². The van der Waals surface area contributed by atoms with Crippen LogP contribution in [0.5, 0.6) is 0 Å². The van der Waals surface area contributed by atoms with E-state index in [1.54, 1.807) is 0 Å². The van der Waals surface area contributed by atoms with Gasteiger partial charge in [-0.05, 0) is 56.8 Å². The Morgan fingerprint density at radius 2 is 2.19 bits per heavy atom. The fourth-order valence-corrected chi connectivity index (χ4v) is 3.14. The zero-order chi connectivity index (χ0) is 15.4. The summed E-state index contributed by atoms with van der Waals surface area (Å²) < 4.78 is 0. The molecule has 0 aromatic heterocycles. The highest BCUT2D eigenvalue weighted by Gasteiger charge is 2.25. The first-order chi connectivity index (χ1) is 9.97. The van der Waals surface area contributed by atoms with E-state index in [-0.39, 0.29) is 5.91 Å². The number of nitrogens with two attached hydrogens (primary N) is 1. The van der Waals surface area contributed by atoms with Crippen molar-refractivity contribution < 1.29 is 4.79 Å². The van der Waals surface area contributed by atoms with Crippen LogP contribution in [0.25, 0.3) is 0 Å². The molecule has 1 heterocycles. The number of hydrogen-bond acceptors (Lipinski definition) is 3. The Labute approximate surface area is 127 Å². The maximum atomic E-state index is 12.0. The lowest BCUT2D eigenvalue weighted by molar-refractivity contribution is -0.116. The number of nitrogen functional groups attached to an aromatic ring is 1. The summed E-state index contributed by atoms with van der Waals surface area (Å²) in [5.74, 6) is 0.854. The largest absolute Gasteiger partial charge is 0.398 e. The number of nitrogens with one attached hydrogen (secondary N) is 1. The SMILES string of the molecule is Cc1c(N)cccc1NC(=O)CCCN1CC(C)CC1C. The second-order valence-corrected chi connectivity index (χ2v) is 6.36. The summed E-state index contributed by atoms with van der Waals surface area (Å²) >= 11 is 0. The number of nitrogens with zero attached hydrogens (tertiary/aromatic N) is 1. The zero-order valence-electron chi connectivity index (χ0n) is 13.4. The monoisotopic (exact) mass is 289 g/mol. The Bertz CT molecular complexity index is 501. The standard InChI is InChI=1S/C17H27N3O/c1-12-10-13(2)20(11-12)9-5-8-17(21)19-16-7-4-6-15(18)14(16)3/h4,6-7,12-13H,5,8-11,18H2,1-3H3,(H,19,21). The predicted molar refractivity (Wildman–Crippen MR) is 88.3 cm³/mol. The molecule has 1 aromatic carbocycles. The third kappa shape index (κ3) is 4.21. The summed E-state index contributed by atoms with van der Waals surface area (Å²) in [5.41, 5.74) is 8.33. The van der Waals surface area contributed by atoms with Crippen molar-refractivity contribution in [2.75, 3.05) is 24.1 Å². The van der Waals surface area contributed by atoms with Crippen LogP contribution in [0.3, 0.4) is 0 Å². The topological polar surface area (TPSA) is 58.4 Å². The van der Waals surface area contributed by atoms with Gasteiger partial charge in [0, 0.05) is 30.4 Å². The van der Waals surface area contributed by atoms with Gasteiger partial charge in [0.05, 0.1) is 0 Å². The molecule has 1 aliphatic heterocycles. The number of amides is 1. The second-order valence-electron chi connectivity index (χ2n) is 6.36. The molecule has 1 saturated heterocycles. The van der Waals surface area contributed by atoms with Crippen LogP contribution in [0, 0.1) is 12.8 Å². The smallest absolute Gasteiger partial charge is 0.224 e. The molecule has 0 bridgehead atoms. The first-order valence-corrected chi connectivity index (χ1v) is 7.86. The first kappa shape index (κ1) is 15.8. The van der Waals surface area contributed by atoms with E-state index in [4.69, 9.17) is 5.73 Å². The molecule has 3 N–H and O–H groups in total. The van der Waals surface area contributed by atoms with E-state index in [1.165, 1.54) is 6.42 Å². The van der Waals surface area contributed by atoms with E-state index < -0.39 is 0 Å². The molecule has 2 atom stereocenters. The van der Waals surface area contributed by atoms with Crippen LogP contribution >= 0.6 is 0 Å². The molecular formula is C17H27N3O. The molecule has 4 heteroatoms. The number of hydrogen-bond donors (Lipinski definition) is 2. The highest BCUT2D eigenvalue weighted by molar-refractivity contribution is 5.92. The van der Waals surface area contributed by atoms with Crippen LogP contribution in [0.2, 0.25) is 0 Å². The normalized spacial score (nSPS) is 22.4. The molecule has 2 rings (SSSR count). The minimum atomic E-state index is 0.0728. The fourth-order valence-electron chi connectivity index (χ4n) is 3.14. The van der Waals surface area contributed by atoms with Gasteiger partial charge in [-0.3, -0.25) is 4.79 Å². The maximum Gasteiger partial charge on any atom is 0.224 e. The molecule has 0 aliphatic carbocycles. The van der Waals surface area contributed by atoms with Gasteiger partial charge in [0.2, 0.25) is 5.91 Å². The second kappa shape index (κ2) is 6.94. The quantitative estimate of drug-likeness (QED) is 0.819. The molecule has 2 unspecified atom stereocenters. The lowest BCUT2D eigenvalue weighted by Gasteiger charge is -2.20. The maximum absolute atomic E-state index is 12.0. The van der Waals surface area contributed by atoms with E-state index in [9.17, 15) is 4.79 Å². The van der Waals surface area contributed by atoms with Gasteiger partial charge >= 0.3 is 0 Å². The van der Waals surface area contributed by atoms with Gasteiger partial charge in [-0.2, -0.15) is 0 Å². The lowest BCUT2D eigenvalue weighted by Crippen LogP contribution is -2.29. The third-order valence-corrected chi connectivity index (χ3v) is 4.41. The Morgan fingerprint density at radius 3 is 2.86 bits per heavy atom. The molecule has 0 spiro atoms. The fraction of sp³-hybridized carbons (Fsp3) is 0.588. The van der Waals surface area contributed by atoms with Crippen LogP contribution in [-0.4, -0.2) is 29.9 Å². The van der Waals surface area contributed by atoms with Crippen molar-refractivity contribution in [1.29, 1.82) is 0 Å². The average molecular weight is 289 g/mol. The van der Waals surface area contributed by atoms with Crippen molar-refractivity contribution in [3.8, 4) is 0 Å². The molecule has 0 saturated carbocycles. The highest BCUT2D eigenvalue weighted by atomic mass is 16.1. The highest BCUT2D eigenvalue weighted by Crippen LogP contribution is 2.23. The number of benzene rings is 1. The predicted octanol–water partition coefficient (Wildman–Crippen LogP) is 3.03. The lowest BCUT2D eigenvalue weighted by atomic mass is 10.1. The van der Waals surface area contributed by atoms with Crippen molar-refractivity contribution in [1.82, 2.24) is 4.90 Å². The van der Waals surface area contributed by atoms with Crippen molar-refractivity contribution in [3.63, 3.8) is 0 Å². The number of rotatable bonds is 5. The van der Waals surface area contributed by atoms with Gasteiger partial charge in [0.25, 0.3) is 0 Å². The van der Waals surface area contributed by atoms with Crippen molar-refractivity contribution >= 4 is 17.3 Å². The minimum absolute atomic E-state index is 0.0728. The van der Waals surface area contributed by atoms with Gasteiger partial charge in [0.15, 0.2) is 0 Å². The van der Waals surface area contributed by atoms with Crippen molar-refractivity contribution in [2.24, 2.45) is 5.92 Å². The van der Waals surface area contributed by atoms with E-state index in [0.717, 1.165) is 36.7 Å². The molecule has 0 radical (unpaired) electrons. The van der Waals surface area contributed by atoms with Gasteiger partial charge in [-0.15, -0.1) is 0 Å². The molecule has 4 nitrogen and oxygen atoms in total. The van der Waals surface area contributed by atoms with Gasteiger partial charge < -0.3 is 16.0 Å². The van der Waals surface area contributed by atoms with E-state index >= 15 is 0 Å². The number of likely N-dealkylation sites (tertiary alicyclic amines) is 1. The minimum Gasteiger partial charge on any atom is -0.398 e. The number of anilines is 2. The van der Waals surface area contributed by atoms with Crippen LogP contribution in [0.4, 0.5) is 11.4 Å². The molecule has 21 heavy (non-hydrogen) atoms. The van der Waals surface area contributed by atoms with E-state index in [0.29, 0.717) is 18.2 Å². The zero-order valence-corrected chi connectivity index (χ0v) is 13.4. The van der Waals surface area contributed by atoms with E-state index in [1.807, 2.05) is 25.1 Å². The van der Waals surface area contributed by atoms with Crippen molar-refractivity contribution in [2.45, 2.75) is 46.1 Å². The summed E-state index contributed by atoms with van der Waals surface area (Å²) in [6.07, 6.45) is 2.74. The molecular weight excluding hydrogens is 262 g/mol. The van der Waals surface area contributed by atoms with Gasteiger partial charge in [-0.1, -0.05) is 13.0 Å². The molecule has 1 fully saturated rings.